The van der Waals surface area contributed by atoms with Crippen LogP contribution in [0.5, 0.6) is 0 Å². The van der Waals surface area contributed by atoms with Crippen LogP contribution >= 0.6 is 11.5 Å². The third kappa shape index (κ3) is 3.50. The molecule has 1 aromatic heterocycles. The highest BCUT2D eigenvalue weighted by Gasteiger charge is 2.45. The number of anilines is 1. The van der Waals surface area contributed by atoms with Crippen LogP contribution in [0.3, 0.4) is 0 Å². The molecule has 4 atom stereocenters. The van der Waals surface area contributed by atoms with Crippen molar-refractivity contribution in [1.29, 1.82) is 0 Å². The topological polar surface area (TPSA) is 140 Å². The first-order valence-corrected chi connectivity index (χ1v) is 7.09. The smallest absolute Gasteiger partial charge is 0.362 e. The summed E-state index contributed by atoms with van der Waals surface area (Å²) in [4.78, 5) is 37.1. The van der Waals surface area contributed by atoms with Crippen molar-refractivity contribution in [2.75, 3.05) is 11.9 Å². The molecule has 0 aromatic carbocycles. The highest BCUT2D eigenvalue weighted by atomic mass is 32.1. The van der Waals surface area contributed by atoms with Crippen LogP contribution in [0.4, 0.5) is 5.13 Å². The Balaban J connectivity index is 2.15. The zero-order valence-electron chi connectivity index (χ0n) is 11.8. The second-order valence-corrected chi connectivity index (χ2v) is 5.61. The molecular weight excluding hydrogens is 318 g/mol. The lowest BCUT2D eigenvalue weighted by Crippen LogP contribution is -2.35. The molecule has 1 amide bonds. The molecule has 0 unspecified atom stereocenters. The number of hydrogen-bond acceptors (Lipinski definition) is 9. The number of nitrogens with zero attached hydrogens (tertiary/aromatic N) is 2. The zero-order chi connectivity index (χ0) is 16.4. The summed E-state index contributed by atoms with van der Waals surface area (Å²) in [6, 6.07) is 0. The number of aromatic nitrogens is 2. The average molecular weight is 333 g/mol. The Hall–Kier alpha value is -1.82. The lowest BCUT2D eigenvalue weighted by molar-refractivity contribution is -0.147. The van der Waals surface area contributed by atoms with E-state index in [2.05, 4.69) is 10.3 Å². The number of aliphatic hydroxyl groups excluding tert-OH is 2. The van der Waals surface area contributed by atoms with E-state index in [0.717, 1.165) is 15.5 Å². The van der Waals surface area contributed by atoms with Crippen molar-refractivity contribution < 1.29 is 29.3 Å². The van der Waals surface area contributed by atoms with Crippen molar-refractivity contribution in [2.24, 2.45) is 0 Å². The van der Waals surface area contributed by atoms with E-state index in [-0.39, 0.29) is 11.7 Å². The molecule has 2 heterocycles. The fourth-order valence-electron chi connectivity index (χ4n) is 1.91. The van der Waals surface area contributed by atoms with Gasteiger partial charge < -0.3 is 25.0 Å². The normalized spacial score (nSPS) is 27.6. The maximum Gasteiger partial charge on any atom is 0.362 e. The quantitative estimate of drug-likeness (QED) is 0.562. The van der Waals surface area contributed by atoms with Crippen LogP contribution in [0.25, 0.3) is 0 Å². The van der Waals surface area contributed by atoms with Gasteiger partial charge in [-0.25, -0.2) is 8.75 Å². The molecule has 2 rings (SSSR count). The van der Waals surface area contributed by atoms with E-state index in [9.17, 15) is 24.6 Å². The van der Waals surface area contributed by atoms with Gasteiger partial charge in [0.1, 0.15) is 24.9 Å². The van der Waals surface area contributed by atoms with Gasteiger partial charge in [0.15, 0.2) is 6.23 Å². The number of amides is 1. The van der Waals surface area contributed by atoms with Gasteiger partial charge in [0.2, 0.25) is 11.0 Å². The minimum absolute atomic E-state index is 0.0474. The minimum Gasteiger partial charge on any atom is -0.463 e. The summed E-state index contributed by atoms with van der Waals surface area (Å²) < 4.78 is 11.1. The van der Waals surface area contributed by atoms with Gasteiger partial charge in [-0.3, -0.25) is 9.59 Å². The largest absolute Gasteiger partial charge is 0.463 e. The highest BCUT2D eigenvalue weighted by Crippen LogP contribution is 2.30. The monoisotopic (exact) mass is 333 g/mol. The van der Waals surface area contributed by atoms with Gasteiger partial charge in [0.05, 0.1) is 0 Å². The summed E-state index contributed by atoms with van der Waals surface area (Å²) in [6.45, 7) is 2.20. The molecule has 0 bridgehead atoms. The van der Waals surface area contributed by atoms with E-state index in [1.54, 1.807) is 0 Å². The molecule has 22 heavy (non-hydrogen) atoms. The first-order valence-electron chi connectivity index (χ1n) is 6.32. The predicted molar refractivity (Wildman–Crippen MR) is 73.2 cm³/mol. The van der Waals surface area contributed by atoms with Crippen LogP contribution in [-0.4, -0.2) is 55.9 Å². The first-order chi connectivity index (χ1) is 10.3. The first kappa shape index (κ1) is 16.5. The zero-order valence-corrected chi connectivity index (χ0v) is 12.6. The Kier molecular flexibility index (Phi) is 4.90. The molecule has 1 aromatic rings. The number of nitrogens with one attached hydrogen (secondary N) is 1. The van der Waals surface area contributed by atoms with Crippen LogP contribution < -0.4 is 11.0 Å². The average Bonchev–Trinajstić information content (AvgIpc) is 2.89. The fourth-order valence-corrected chi connectivity index (χ4v) is 2.80. The Bertz CT molecular complexity index is 627. The molecular formula is C11H15N3O7S. The Labute approximate surface area is 128 Å². The molecule has 1 saturated heterocycles. The molecule has 0 spiro atoms. The van der Waals surface area contributed by atoms with Gasteiger partial charge in [-0.2, -0.15) is 4.98 Å². The molecule has 0 aliphatic carbocycles. The molecule has 1 fully saturated rings. The van der Waals surface area contributed by atoms with Crippen molar-refractivity contribution in [3.63, 3.8) is 0 Å². The van der Waals surface area contributed by atoms with Gasteiger partial charge in [0.25, 0.3) is 0 Å². The van der Waals surface area contributed by atoms with Crippen molar-refractivity contribution in [3.8, 4) is 0 Å². The van der Waals surface area contributed by atoms with Crippen molar-refractivity contribution >= 4 is 28.5 Å². The van der Waals surface area contributed by atoms with Gasteiger partial charge >= 0.3 is 11.7 Å². The summed E-state index contributed by atoms with van der Waals surface area (Å²) in [6.07, 6.45) is -4.88. The molecule has 10 nitrogen and oxygen atoms in total. The third-order valence-corrected chi connectivity index (χ3v) is 3.80. The Morgan fingerprint density at radius 3 is 2.68 bits per heavy atom. The van der Waals surface area contributed by atoms with Gasteiger partial charge in [0, 0.05) is 13.8 Å². The Morgan fingerprint density at radius 2 is 2.09 bits per heavy atom. The number of hydrogen-bond donors (Lipinski definition) is 3. The third-order valence-electron chi connectivity index (χ3n) is 2.87. The molecule has 0 saturated carbocycles. The SMILES string of the molecule is CC(=O)Nc1nc(=O)n([C@@H]2O[C@H](COC(C)=O)[C@@H](O)[C@H]2O)s1. The van der Waals surface area contributed by atoms with Crippen LogP contribution in [0.1, 0.15) is 20.1 Å². The maximum absolute atomic E-state index is 11.8. The molecule has 1 aliphatic heterocycles. The fraction of sp³-hybridized carbons (Fsp3) is 0.636. The second-order valence-electron chi connectivity index (χ2n) is 4.65. The van der Waals surface area contributed by atoms with Crippen LogP contribution in [-0.2, 0) is 19.1 Å². The van der Waals surface area contributed by atoms with Crippen molar-refractivity contribution in [3.05, 3.63) is 10.5 Å². The summed E-state index contributed by atoms with van der Waals surface area (Å²) >= 11 is 0.775. The van der Waals surface area contributed by atoms with Gasteiger partial charge in [-0.05, 0) is 11.5 Å². The standard InChI is InChI=1S/C11H15N3O7S/c1-4(15)12-10-13-11(19)14(22-10)9-8(18)7(17)6(21-9)3-20-5(2)16/h6-9,17-18H,3H2,1-2H3,(H,12,13,15,19)/t6-,7-,8-,9-/m1/s1. The summed E-state index contributed by atoms with van der Waals surface area (Å²) in [7, 11) is 0. The van der Waals surface area contributed by atoms with Crippen LogP contribution in [0, 0.1) is 0 Å². The number of carbonyl (C=O) groups excluding carboxylic acids is 2. The lowest BCUT2D eigenvalue weighted by atomic mass is 10.1. The lowest BCUT2D eigenvalue weighted by Gasteiger charge is -2.13. The van der Waals surface area contributed by atoms with E-state index in [4.69, 9.17) is 9.47 Å². The number of rotatable bonds is 4. The summed E-state index contributed by atoms with van der Waals surface area (Å²) in [5.74, 6) is -0.960. The van der Waals surface area contributed by atoms with Crippen LogP contribution in [0.2, 0.25) is 0 Å². The predicted octanol–water partition coefficient (Wildman–Crippen LogP) is -1.55. The van der Waals surface area contributed by atoms with Gasteiger partial charge in [-0.1, -0.05) is 0 Å². The van der Waals surface area contributed by atoms with E-state index < -0.39 is 42.1 Å². The molecule has 3 N–H and O–H groups in total. The maximum atomic E-state index is 11.8. The minimum atomic E-state index is -1.40. The highest BCUT2D eigenvalue weighted by molar-refractivity contribution is 7.10. The van der Waals surface area contributed by atoms with E-state index in [1.807, 2.05) is 0 Å². The number of aliphatic hydroxyl groups is 2. The summed E-state index contributed by atoms with van der Waals surface area (Å²) in [5.41, 5.74) is -0.738. The summed E-state index contributed by atoms with van der Waals surface area (Å²) in [5, 5.41) is 22.2. The van der Waals surface area contributed by atoms with E-state index >= 15 is 0 Å². The molecule has 0 radical (unpaired) electrons. The second kappa shape index (κ2) is 6.52. The van der Waals surface area contributed by atoms with Gasteiger partial charge in [-0.15, -0.1) is 0 Å². The van der Waals surface area contributed by atoms with Crippen molar-refractivity contribution in [2.45, 2.75) is 38.4 Å². The molecule has 1 aliphatic rings. The van der Waals surface area contributed by atoms with E-state index in [1.165, 1.54) is 13.8 Å². The van der Waals surface area contributed by atoms with E-state index in [0.29, 0.717) is 0 Å². The van der Waals surface area contributed by atoms with Crippen molar-refractivity contribution in [1.82, 2.24) is 8.94 Å². The molecule has 11 heteroatoms. The molecule has 122 valence electrons. The number of carbonyl (C=O) groups is 2. The van der Waals surface area contributed by atoms with Crippen LogP contribution in [0.15, 0.2) is 4.79 Å². The Morgan fingerprint density at radius 1 is 1.41 bits per heavy atom. The number of ether oxygens (including phenoxy) is 2. The number of esters is 1.